The zero-order valence-electron chi connectivity index (χ0n) is 14.1. The number of sulfonamides is 1. The summed E-state index contributed by atoms with van der Waals surface area (Å²) in [6.07, 6.45) is 0. The van der Waals surface area contributed by atoms with Gasteiger partial charge in [-0.2, -0.15) is 0 Å². The van der Waals surface area contributed by atoms with E-state index in [2.05, 4.69) is 30.8 Å². The monoisotopic (exact) mass is 368 g/mol. The Morgan fingerprint density at radius 3 is 2.08 bits per heavy atom. The lowest BCUT2D eigenvalue weighted by molar-refractivity contribution is 0.414. The van der Waals surface area contributed by atoms with Gasteiger partial charge in [0.05, 0.1) is 17.0 Å². The molecule has 130 valence electrons. The number of nitrogens with one attached hydrogen (secondary N) is 2. The quantitative estimate of drug-likeness (QED) is 0.822. The van der Waals surface area contributed by atoms with Gasteiger partial charge in [0.2, 0.25) is 0 Å². The molecule has 2 rings (SSSR count). The number of benzene rings is 2. The van der Waals surface area contributed by atoms with Gasteiger partial charge in [0.15, 0.2) is 0 Å². The Labute approximate surface area is 148 Å². The second-order valence-corrected chi connectivity index (χ2v) is 8.44. The fourth-order valence-corrected chi connectivity index (χ4v) is 3.49. The van der Waals surface area contributed by atoms with E-state index in [1.165, 1.54) is 25.3 Å². The smallest absolute Gasteiger partial charge is 0.261 e. The lowest BCUT2D eigenvalue weighted by Crippen LogP contribution is -2.25. The van der Waals surface area contributed by atoms with E-state index in [4.69, 9.17) is 16.3 Å². The molecule has 0 atom stereocenters. The van der Waals surface area contributed by atoms with Gasteiger partial charge in [-0.05, 0) is 63.2 Å². The van der Waals surface area contributed by atoms with Crippen molar-refractivity contribution >= 4 is 33.0 Å². The van der Waals surface area contributed by atoms with Crippen LogP contribution in [0.3, 0.4) is 0 Å². The van der Waals surface area contributed by atoms with E-state index in [9.17, 15) is 8.42 Å². The van der Waals surface area contributed by atoms with Crippen LogP contribution in [0.25, 0.3) is 0 Å². The van der Waals surface area contributed by atoms with Crippen LogP contribution in [-0.4, -0.2) is 21.1 Å². The number of anilines is 2. The van der Waals surface area contributed by atoms with Crippen LogP contribution >= 0.6 is 11.6 Å². The molecule has 0 amide bonds. The summed E-state index contributed by atoms with van der Waals surface area (Å²) in [5, 5.41) is 3.56. The summed E-state index contributed by atoms with van der Waals surface area (Å²) in [5.41, 5.74) is 1.32. The Bertz CT molecular complexity index is 813. The first-order valence-corrected chi connectivity index (χ1v) is 9.21. The number of rotatable bonds is 5. The normalized spacial score (nSPS) is 11.9. The van der Waals surface area contributed by atoms with Crippen molar-refractivity contribution < 1.29 is 13.2 Å². The Morgan fingerprint density at radius 1 is 1.00 bits per heavy atom. The maximum atomic E-state index is 12.4. The summed E-state index contributed by atoms with van der Waals surface area (Å²) >= 11 is 6.00. The number of methoxy groups -OCH3 is 1. The van der Waals surface area contributed by atoms with Crippen LogP contribution in [0.15, 0.2) is 47.4 Å². The van der Waals surface area contributed by atoms with Gasteiger partial charge in [-0.3, -0.25) is 4.72 Å². The Hall–Kier alpha value is -1.92. The van der Waals surface area contributed by atoms with Gasteiger partial charge in [-0.1, -0.05) is 11.6 Å². The second-order valence-electron chi connectivity index (χ2n) is 6.35. The van der Waals surface area contributed by atoms with Crippen LogP contribution in [0.5, 0.6) is 5.75 Å². The van der Waals surface area contributed by atoms with Gasteiger partial charge in [-0.15, -0.1) is 0 Å². The predicted molar refractivity (Wildman–Crippen MR) is 98.6 cm³/mol. The van der Waals surface area contributed by atoms with E-state index in [0.717, 1.165) is 5.69 Å². The minimum atomic E-state index is -3.72. The maximum absolute atomic E-state index is 12.4. The first-order chi connectivity index (χ1) is 11.1. The summed E-state index contributed by atoms with van der Waals surface area (Å²) in [7, 11) is -2.25. The van der Waals surface area contributed by atoms with Crippen molar-refractivity contribution in [3.8, 4) is 5.75 Å². The first-order valence-electron chi connectivity index (χ1n) is 7.35. The highest BCUT2D eigenvalue weighted by Crippen LogP contribution is 2.28. The molecule has 0 heterocycles. The van der Waals surface area contributed by atoms with Crippen LogP contribution in [0.2, 0.25) is 5.02 Å². The molecule has 0 aliphatic rings. The van der Waals surface area contributed by atoms with Crippen molar-refractivity contribution in [1.82, 2.24) is 0 Å². The van der Waals surface area contributed by atoms with E-state index in [1.54, 1.807) is 12.1 Å². The lowest BCUT2D eigenvalue weighted by Gasteiger charge is -2.22. The van der Waals surface area contributed by atoms with Crippen LogP contribution in [0.1, 0.15) is 20.8 Å². The van der Waals surface area contributed by atoms with Gasteiger partial charge < -0.3 is 10.1 Å². The van der Waals surface area contributed by atoms with Gasteiger partial charge in [0, 0.05) is 16.9 Å². The molecule has 0 bridgehead atoms. The van der Waals surface area contributed by atoms with Crippen molar-refractivity contribution in [2.75, 3.05) is 17.1 Å². The molecule has 2 N–H and O–H groups in total. The number of halogens is 1. The van der Waals surface area contributed by atoms with Crippen molar-refractivity contribution in [3.05, 3.63) is 47.5 Å². The minimum absolute atomic E-state index is 0.0686. The molecule has 2 aromatic rings. The second kappa shape index (κ2) is 6.91. The van der Waals surface area contributed by atoms with E-state index < -0.39 is 10.0 Å². The van der Waals surface area contributed by atoms with E-state index in [0.29, 0.717) is 11.4 Å². The molecule has 0 aromatic heterocycles. The zero-order chi connectivity index (χ0) is 18.0. The van der Waals surface area contributed by atoms with E-state index >= 15 is 0 Å². The van der Waals surface area contributed by atoms with Gasteiger partial charge >= 0.3 is 0 Å². The third kappa shape index (κ3) is 4.79. The fraction of sp³-hybridized carbons (Fsp3) is 0.294. The molecule has 0 spiro atoms. The summed E-state index contributed by atoms with van der Waals surface area (Å²) in [4.78, 5) is 0.0743. The highest BCUT2D eigenvalue weighted by molar-refractivity contribution is 7.92. The molecule has 0 radical (unpaired) electrons. The van der Waals surface area contributed by atoms with Crippen LogP contribution < -0.4 is 14.8 Å². The standard InChI is InChI=1S/C17H21ClN2O3S/c1-17(2,3)19-12-5-7-13(8-6-12)20-24(21,22)14-9-10-16(23-4)15(18)11-14/h5-11,19-20H,1-4H3. The third-order valence-electron chi connectivity index (χ3n) is 3.09. The molecule has 0 saturated carbocycles. The highest BCUT2D eigenvalue weighted by atomic mass is 35.5. The Kier molecular flexibility index (Phi) is 5.30. The molecule has 2 aromatic carbocycles. The molecule has 0 aliphatic heterocycles. The summed E-state index contributed by atoms with van der Waals surface area (Å²) in [6, 6.07) is 11.4. The number of hydrogen-bond acceptors (Lipinski definition) is 4. The molecular weight excluding hydrogens is 348 g/mol. The third-order valence-corrected chi connectivity index (χ3v) is 4.76. The number of ether oxygens (including phenoxy) is 1. The molecule has 0 fully saturated rings. The molecule has 5 nitrogen and oxygen atoms in total. The zero-order valence-corrected chi connectivity index (χ0v) is 15.6. The summed E-state index contributed by atoms with van der Waals surface area (Å²) in [6.45, 7) is 6.16. The summed E-state index contributed by atoms with van der Waals surface area (Å²) < 4.78 is 32.4. The SMILES string of the molecule is COc1ccc(S(=O)(=O)Nc2ccc(NC(C)(C)C)cc2)cc1Cl. The van der Waals surface area contributed by atoms with E-state index in [-0.39, 0.29) is 15.5 Å². The Morgan fingerprint density at radius 2 is 1.58 bits per heavy atom. The minimum Gasteiger partial charge on any atom is -0.495 e. The first kappa shape index (κ1) is 18.4. The fourth-order valence-electron chi connectivity index (χ4n) is 2.08. The van der Waals surface area contributed by atoms with Crippen molar-refractivity contribution in [2.45, 2.75) is 31.2 Å². The molecule has 0 saturated heterocycles. The maximum Gasteiger partial charge on any atom is 0.261 e. The average molecular weight is 369 g/mol. The van der Waals surface area contributed by atoms with Crippen LogP contribution in [0, 0.1) is 0 Å². The van der Waals surface area contributed by atoms with Gasteiger partial charge in [0.25, 0.3) is 10.0 Å². The van der Waals surface area contributed by atoms with E-state index in [1.807, 2.05) is 12.1 Å². The topological polar surface area (TPSA) is 67.4 Å². The molecule has 24 heavy (non-hydrogen) atoms. The molecular formula is C17H21ClN2O3S. The lowest BCUT2D eigenvalue weighted by atomic mass is 10.1. The number of hydrogen-bond donors (Lipinski definition) is 2. The Balaban J connectivity index is 2.18. The largest absolute Gasteiger partial charge is 0.495 e. The van der Waals surface area contributed by atoms with Crippen molar-refractivity contribution in [2.24, 2.45) is 0 Å². The van der Waals surface area contributed by atoms with Crippen molar-refractivity contribution in [3.63, 3.8) is 0 Å². The average Bonchev–Trinajstić information content (AvgIpc) is 2.47. The molecule has 0 unspecified atom stereocenters. The summed E-state index contributed by atoms with van der Waals surface area (Å²) in [5.74, 6) is 0.424. The van der Waals surface area contributed by atoms with Gasteiger partial charge in [-0.25, -0.2) is 8.42 Å². The molecule has 7 heteroatoms. The highest BCUT2D eigenvalue weighted by Gasteiger charge is 2.16. The van der Waals surface area contributed by atoms with Crippen molar-refractivity contribution in [1.29, 1.82) is 0 Å². The molecule has 0 aliphatic carbocycles. The van der Waals surface area contributed by atoms with Gasteiger partial charge in [0.1, 0.15) is 5.75 Å². The van der Waals surface area contributed by atoms with Crippen LogP contribution in [-0.2, 0) is 10.0 Å². The predicted octanol–water partition coefficient (Wildman–Crippen LogP) is 4.36. The van der Waals surface area contributed by atoms with Crippen LogP contribution in [0.4, 0.5) is 11.4 Å².